The Morgan fingerprint density at radius 2 is 2.08 bits per heavy atom. The van der Waals surface area contributed by atoms with Gasteiger partial charge in [0.2, 0.25) is 0 Å². The quantitative estimate of drug-likeness (QED) is 0.738. The number of aliphatic carboxylic acids is 1. The molecule has 2 N–H and O–H groups in total. The standard InChI is InChI=1S/C18H16N4O3S/c23-17(22-8-4-7-14(22)18(24)25)13-10-26-16(20-13)12-9-19-21-15(12)11-5-2-1-3-6-11/h1-3,5-6,9-10,14H,4,7-8H2,(H,19,21)(H,24,25). The average Bonchev–Trinajstić information content (AvgIpc) is 3.41. The number of carbonyl (C=O) groups excluding carboxylic acids is 1. The SMILES string of the molecule is O=C(O)C1CCCN1C(=O)c1csc(-c2c[nH]nc2-c2ccccc2)n1. The van der Waals surface area contributed by atoms with Gasteiger partial charge < -0.3 is 10.0 Å². The van der Waals surface area contributed by atoms with Crippen LogP contribution in [0, 0.1) is 0 Å². The molecule has 3 aromatic rings. The fourth-order valence-corrected chi connectivity index (χ4v) is 3.99. The van der Waals surface area contributed by atoms with Gasteiger partial charge in [-0.05, 0) is 12.8 Å². The first kappa shape index (κ1) is 16.5. The van der Waals surface area contributed by atoms with Crippen molar-refractivity contribution in [2.45, 2.75) is 18.9 Å². The third-order valence-corrected chi connectivity index (χ3v) is 5.32. The van der Waals surface area contributed by atoms with Crippen LogP contribution in [0.25, 0.3) is 21.8 Å². The van der Waals surface area contributed by atoms with E-state index in [2.05, 4.69) is 15.2 Å². The van der Waals surface area contributed by atoms with E-state index in [0.29, 0.717) is 24.4 Å². The van der Waals surface area contributed by atoms with E-state index in [4.69, 9.17) is 0 Å². The van der Waals surface area contributed by atoms with Crippen molar-refractivity contribution in [1.29, 1.82) is 0 Å². The summed E-state index contributed by atoms with van der Waals surface area (Å²) in [6.07, 6.45) is 2.93. The molecule has 3 heterocycles. The van der Waals surface area contributed by atoms with Gasteiger partial charge in [0.25, 0.3) is 5.91 Å². The van der Waals surface area contributed by atoms with Crippen LogP contribution in [0.4, 0.5) is 0 Å². The number of thiazole rings is 1. The molecule has 26 heavy (non-hydrogen) atoms. The van der Waals surface area contributed by atoms with E-state index in [-0.39, 0.29) is 11.6 Å². The van der Waals surface area contributed by atoms with Crippen LogP contribution in [0.3, 0.4) is 0 Å². The Balaban J connectivity index is 1.63. The number of H-pyrrole nitrogens is 1. The molecule has 1 aliphatic heterocycles. The molecule has 1 unspecified atom stereocenters. The molecule has 4 rings (SSSR count). The summed E-state index contributed by atoms with van der Waals surface area (Å²) in [5.74, 6) is -1.30. The van der Waals surface area contributed by atoms with Crippen LogP contribution in [0.2, 0.25) is 0 Å². The second-order valence-corrected chi connectivity index (χ2v) is 6.90. The molecule has 1 fully saturated rings. The van der Waals surface area contributed by atoms with Gasteiger partial charge in [-0.2, -0.15) is 5.10 Å². The van der Waals surface area contributed by atoms with Crippen LogP contribution in [-0.2, 0) is 4.79 Å². The molecule has 1 aliphatic rings. The number of aromatic nitrogens is 3. The van der Waals surface area contributed by atoms with Gasteiger partial charge in [0.15, 0.2) is 0 Å². The number of likely N-dealkylation sites (tertiary alicyclic amines) is 1. The molecule has 1 atom stereocenters. The lowest BCUT2D eigenvalue weighted by Crippen LogP contribution is -2.40. The highest BCUT2D eigenvalue weighted by Gasteiger charge is 2.35. The number of carbonyl (C=O) groups is 2. The van der Waals surface area contributed by atoms with Crippen molar-refractivity contribution in [3.05, 3.63) is 47.6 Å². The molecule has 0 spiro atoms. The van der Waals surface area contributed by atoms with Crippen LogP contribution in [0.15, 0.2) is 41.9 Å². The number of rotatable bonds is 4. The molecule has 0 bridgehead atoms. The van der Waals surface area contributed by atoms with Gasteiger partial charge in [0.05, 0.1) is 5.56 Å². The molecule has 7 nitrogen and oxygen atoms in total. The van der Waals surface area contributed by atoms with E-state index in [0.717, 1.165) is 16.8 Å². The Hall–Kier alpha value is -3.00. The average molecular weight is 368 g/mol. The highest BCUT2D eigenvalue weighted by Crippen LogP contribution is 2.32. The maximum Gasteiger partial charge on any atom is 0.326 e. The summed E-state index contributed by atoms with van der Waals surface area (Å²) < 4.78 is 0. The summed E-state index contributed by atoms with van der Waals surface area (Å²) in [5, 5.41) is 18.8. The third-order valence-electron chi connectivity index (χ3n) is 4.44. The van der Waals surface area contributed by atoms with Crippen molar-refractivity contribution in [2.24, 2.45) is 0 Å². The van der Waals surface area contributed by atoms with Gasteiger partial charge in [0, 0.05) is 23.7 Å². The first-order valence-electron chi connectivity index (χ1n) is 8.24. The number of amides is 1. The first-order valence-corrected chi connectivity index (χ1v) is 9.12. The number of nitrogens with one attached hydrogen (secondary N) is 1. The molecule has 132 valence electrons. The number of aromatic amines is 1. The summed E-state index contributed by atoms with van der Waals surface area (Å²) in [6, 6.07) is 8.96. The van der Waals surface area contributed by atoms with E-state index in [1.165, 1.54) is 16.2 Å². The summed E-state index contributed by atoms with van der Waals surface area (Å²) >= 11 is 1.35. The first-order chi connectivity index (χ1) is 12.6. The van der Waals surface area contributed by atoms with Crippen LogP contribution in [0.5, 0.6) is 0 Å². The van der Waals surface area contributed by atoms with E-state index in [1.54, 1.807) is 11.6 Å². The molecule has 1 amide bonds. The summed E-state index contributed by atoms with van der Waals surface area (Å²) in [5.41, 5.74) is 2.82. The number of hydrogen-bond donors (Lipinski definition) is 2. The molecule has 1 aromatic carbocycles. The van der Waals surface area contributed by atoms with E-state index in [9.17, 15) is 14.7 Å². The summed E-state index contributed by atoms with van der Waals surface area (Å²) in [4.78, 5) is 29.8. The lowest BCUT2D eigenvalue weighted by molar-refractivity contribution is -0.141. The fraction of sp³-hybridized carbons (Fsp3) is 0.222. The second-order valence-electron chi connectivity index (χ2n) is 6.05. The van der Waals surface area contributed by atoms with Gasteiger partial charge in [-0.15, -0.1) is 11.3 Å². The Labute approximate surface area is 153 Å². The minimum atomic E-state index is -0.965. The minimum Gasteiger partial charge on any atom is -0.480 e. The third kappa shape index (κ3) is 2.88. The smallest absolute Gasteiger partial charge is 0.326 e. The Kier molecular flexibility index (Phi) is 4.26. The van der Waals surface area contributed by atoms with Gasteiger partial charge in [-0.25, -0.2) is 9.78 Å². The van der Waals surface area contributed by atoms with Crippen molar-refractivity contribution in [3.63, 3.8) is 0 Å². The van der Waals surface area contributed by atoms with Gasteiger partial charge in [0.1, 0.15) is 22.4 Å². The van der Waals surface area contributed by atoms with Crippen molar-refractivity contribution < 1.29 is 14.7 Å². The molecule has 0 aliphatic carbocycles. The molecule has 0 radical (unpaired) electrons. The number of carboxylic acids is 1. The predicted octanol–water partition coefficient (Wildman–Crippen LogP) is 2.89. The van der Waals surface area contributed by atoms with E-state index >= 15 is 0 Å². The molecule has 2 aromatic heterocycles. The monoisotopic (exact) mass is 368 g/mol. The van der Waals surface area contributed by atoms with Crippen LogP contribution in [-0.4, -0.2) is 49.7 Å². The Morgan fingerprint density at radius 1 is 1.27 bits per heavy atom. The molecule has 0 saturated carbocycles. The van der Waals surface area contributed by atoms with Gasteiger partial charge in [-0.3, -0.25) is 9.89 Å². The number of hydrogen-bond acceptors (Lipinski definition) is 5. The van der Waals surface area contributed by atoms with Crippen molar-refractivity contribution >= 4 is 23.2 Å². The zero-order valence-electron chi connectivity index (χ0n) is 13.8. The van der Waals surface area contributed by atoms with Crippen LogP contribution >= 0.6 is 11.3 Å². The maximum atomic E-state index is 12.7. The van der Waals surface area contributed by atoms with Crippen LogP contribution < -0.4 is 0 Å². The lowest BCUT2D eigenvalue weighted by atomic mass is 10.1. The number of benzene rings is 1. The topological polar surface area (TPSA) is 99.2 Å². The summed E-state index contributed by atoms with van der Waals surface area (Å²) in [6.45, 7) is 0.448. The predicted molar refractivity (Wildman–Crippen MR) is 96.8 cm³/mol. The number of carboxylic acid groups (broad SMARTS) is 1. The van der Waals surface area contributed by atoms with E-state index < -0.39 is 12.0 Å². The van der Waals surface area contributed by atoms with Gasteiger partial charge in [-0.1, -0.05) is 30.3 Å². The highest BCUT2D eigenvalue weighted by molar-refractivity contribution is 7.13. The minimum absolute atomic E-state index is 0.276. The fourth-order valence-electron chi connectivity index (χ4n) is 3.18. The number of nitrogens with zero attached hydrogens (tertiary/aromatic N) is 3. The zero-order chi connectivity index (χ0) is 18.1. The molecule has 1 saturated heterocycles. The second kappa shape index (κ2) is 6.72. The molecular weight excluding hydrogens is 352 g/mol. The lowest BCUT2D eigenvalue weighted by Gasteiger charge is -2.20. The maximum absolute atomic E-state index is 12.7. The molecular formula is C18H16N4O3S. The molecule has 8 heteroatoms. The van der Waals surface area contributed by atoms with Crippen molar-refractivity contribution in [2.75, 3.05) is 6.54 Å². The largest absolute Gasteiger partial charge is 0.480 e. The van der Waals surface area contributed by atoms with Crippen molar-refractivity contribution in [3.8, 4) is 21.8 Å². The van der Waals surface area contributed by atoms with E-state index in [1.807, 2.05) is 30.3 Å². The zero-order valence-corrected chi connectivity index (χ0v) is 14.6. The highest BCUT2D eigenvalue weighted by atomic mass is 32.1. The Bertz CT molecular complexity index is 950. The van der Waals surface area contributed by atoms with Crippen molar-refractivity contribution in [1.82, 2.24) is 20.1 Å². The van der Waals surface area contributed by atoms with Gasteiger partial charge >= 0.3 is 5.97 Å². The Morgan fingerprint density at radius 3 is 2.85 bits per heavy atom. The summed E-state index contributed by atoms with van der Waals surface area (Å²) in [7, 11) is 0. The normalized spacial score (nSPS) is 16.8. The van der Waals surface area contributed by atoms with Crippen LogP contribution in [0.1, 0.15) is 23.3 Å².